The molecule has 12 heteroatoms. The van der Waals surface area contributed by atoms with Crippen LogP contribution in [-0.4, -0.2) is 47.9 Å². The molecule has 2 aromatic carbocycles. The van der Waals surface area contributed by atoms with Gasteiger partial charge in [0.05, 0.1) is 19.2 Å². The zero-order valence-corrected chi connectivity index (χ0v) is 23.4. The second kappa shape index (κ2) is 12.7. The van der Waals surface area contributed by atoms with Crippen molar-refractivity contribution in [1.82, 2.24) is 14.5 Å². The molecule has 10 nitrogen and oxygen atoms in total. The summed E-state index contributed by atoms with van der Waals surface area (Å²) in [4.78, 5) is 35.0. The summed E-state index contributed by atoms with van der Waals surface area (Å²) in [5, 5.41) is 2.56. The van der Waals surface area contributed by atoms with E-state index in [0.717, 1.165) is 6.07 Å². The third-order valence-corrected chi connectivity index (χ3v) is 6.39. The maximum absolute atomic E-state index is 15.2. The van der Waals surface area contributed by atoms with Gasteiger partial charge in [-0.2, -0.15) is 0 Å². The molecule has 5 aromatic rings. The molecule has 1 amide bonds. The zero-order valence-electron chi connectivity index (χ0n) is 23.4. The first kappa shape index (κ1) is 29.1. The van der Waals surface area contributed by atoms with E-state index in [0.29, 0.717) is 34.6 Å². The molecule has 1 N–H and O–H groups in total. The number of nitrogens with one attached hydrogen (secondary N) is 1. The summed E-state index contributed by atoms with van der Waals surface area (Å²) in [6, 6.07) is 13.9. The van der Waals surface area contributed by atoms with E-state index in [1.807, 2.05) is 0 Å². The van der Waals surface area contributed by atoms with Gasteiger partial charge in [-0.05, 0) is 55.0 Å². The summed E-state index contributed by atoms with van der Waals surface area (Å²) >= 11 is 0. The molecule has 5 rings (SSSR count). The van der Waals surface area contributed by atoms with Gasteiger partial charge in [-0.25, -0.2) is 13.8 Å². The average molecular weight is 589 g/mol. The molecule has 3 heterocycles. The predicted molar refractivity (Wildman–Crippen MR) is 155 cm³/mol. The molecule has 0 saturated heterocycles. The lowest BCUT2D eigenvalue weighted by molar-refractivity contribution is 0.102. The van der Waals surface area contributed by atoms with Gasteiger partial charge < -0.3 is 24.3 Å². The van der Waals surface area contributed by atoms with E-state index in [-0.39, 0.29) is 35.2 Å². The first-order valence-electron chi connectivity index (χ1n) is 13.0. The molecule has 0 bridgehead atoms. The highest BCUT2D eigenvalue weighted by Crippen LogP contribution is 2.35. The summed E-state index contributed by atoms with van der Waals surface area (Å²) in [6.07, 6.45) is 2.98. The van der Waals surface area contributed by atoms with Gasteiger partial charge in [-0.3, -0.25) is 19.1 Å². The number of hydrogen-bond acceptors (Lipinski definition) is 8. The fourth-order valence-electron chi connectivity index (χ4n) is 4.26. The van der Waals surface area contributed by atoms with Gasteiger partial charge in [0.15, 0.2) is 23.1 Å². The van der Waals surface area contributed by atoms with Crippen LogP contribution in [0.3, 0.4) is 0 Å². The van der Waals surface area contributed by atoms with Crippen LogP contribution in [0.5, 0.6) is 23.1 Å². The number of methoxy groups -OCH3 is 2. The van der Waals surface area contributed by atoms with Crippen LogP contribution in [0.15, 0.2) is 77.9 Å². The van der Waals surface area contributed by atoms with Crippen molar-refractivity contribution in [3.8, 4) is 28.8 Å². The Hall–Kier alpha value is -5.36. The molecule has 0 spiro atoms. The summed E-state index contributed by atoms with van der Waals surface area (Å²) in [5.41, 5.74) is 0.903. The number of hydrogen-bond donors (Lipinski definition) is 1. The zero-order chi connectivity index (χ0) is 30.5. The number of aromatic nitrogens is 3. The monoisotopic (exact) mass is 588 g/mol. The lowest BCUT2D eigenvalue weighted by atomic mass is 10.1. The quantitative estimate of drug-likeness (QED) is 0.215. The SMILES string of the molecule is COCCOc1cc2nccc(Oc3ccc(NC(=O)c4c(C)ccn(-c5ccc(F)cc5)c4=O)cc3F)c2nc1OC. The molecule has 0 fully saturated rings. The Morgan fingerprint density at radius 3 is 2.47 bits per heavy atom. The highest BCUT2D eigenvalue weighted by atomic mass is 19.1. The third kappa shape index (κ3) is 6.28. The smallest absolute Gasteiger partial charge is 0.268 e. The number of aryl methyl sites for hydroxylation is 1. The first-order valence-corrected chi connectivity index (χ1v) is 13.0. The number of nitrogens with zero attached hydrogens (tertiary/aromatic N) is 3. The molecular formula is C31H26F2N4O6. The van der Waals surface area contributed by atoms with E-state index in [4.69, 9.17) is 18.9 Å². The minimum atomic E-state index is -0.775. The Labute approximate surface area is 244 Å². The lowest BCUT2D eigenvalue weighted by Gasteiger charge is -2.14. The molecule has 220 valence electrons. The largest absolute Gasteiger partial charge is 0.485 e. The molecule has 0 saturated carbocycles. The molecular weight excluding hydrogens is 562 g/mol. The van der Waals surface area contributed by atoms with Gasteiger partial charge in [0.2, 0.25) is 0 Å². The van der Waals surface area contributed by atoms with Crippen molar-refractivity contribution < 1.29 is 32.5 Å². The molecule has 0 radical (unpaired) electrons. The van der Waals surface area contributed by atoms with Gasteiger partial charge in [0.25, 0.3) is 17.3 Å². The number of carbonyl (C=O) groups excluding carboxylic acids is 1. The highest BCUT2D eigenvalue weighted by Gasteiger charge is 2.19. The van der Waals surface area contributed by atoms with E-state index in [9.17, 15) is 14.0 Å². The van der Waals surface area contributed by atoms with E-state index in [2.05, 4.69) is 15.3 Å². The summed E-state index contributed by atoms with van der Waals surface area (Å²) < 4.78 is 51.6. The van der Waals surface area contributed by atoms with Gasteiger partial charge in [-0.1, -0.05) is 0 Å². The van der Waals surface area contributed by atoms with Gasteiger partial charge >= 0.3 is 0 Å². The third-order valence-electron chi connectivity index (χ3n) is 6.39. The Kier molecular flexibility index (Phi) is 8.58. The van der Waals surface area contributed by atoms with Crippen LogP contribution >= 0.6 is 0 Å². The van der Waals surface area contributed by atoms with Gasteiger partial charge in [-0.15, -0.1) is 0 Å². The van der Waals surface area contributed by atoms with Crippen molar-refractivity contribution >= 4 is 22.6 Å². The molecule has 0 aliphatic rings. The molecule has 0 aliphatic heterocycles. The first-order chi connectivity index (χ1) is 20.8. The normalized spacial score (nSPS) is 10.9. The number of rotatable bonds is 10. The van der Waals surface area contributed by atoms with Crippen molar-refractivity contribution in [2.75, 3.05) is 32.8 Å². The fourth-order valence-corrected chi connectivity index (χ4v) is 4.26. The van der Waals surface area contributed by atoms with E-state index < -0.39 is 23.1 Å². The van der Waals surface area contributed by atoms with Gasteiger partial charge in [0, 0.05) is 49.1 Å². The fraction of sp³-hybridized carbons (Fsp3) is 0.161. The summed E-state index contributed by atoms with van der Waals surface area (Å²) in [7, 11) is 3.00. The lowest BCUT2D eigenvalue weighted by Crippen LogP contribution is -2.29. The number of halogens is 2. The second-order valence-corrected chi connectivity index (χ2v) is 9.24. The van der Waals surface area contributed by atoms with Crippen molar-refractivity contribution in [2.24, 2.45) is 0 Å². The number of fused-ring (bicyclic) bond motifs is 1. The van der Waals surface area contributed by atoms with Crippen LogP contribution in [0.4, 0.5) is 14.5 Å². The molecule has 0 aliphatic carbocycles. The Morgan fingerprint density at radius 2 is 1.74 bits per heavy atom. The molecule has 3 aromatic heterocycles. The van der Waals surface area contributed by atoms with Gasteiger partial charge in [0.1, 0.15) is 23.5 Å². The molecule has 0 atom stereocenters. The van der Waals surface area contributed by atoms with E-state index in [1.165, 1.54) is 66.5 Å². The van der Waals surface area contributed by atoms with Crippen molar-refractivity contribution in [2.45, 2.75) is 6.92 Å². The Bertz CT molecular complexity index is 1860. The van der Waals surface area contributed by atoms with Crippen LogP contribution in [0.25, 0.3) is 16.7 Å². The molecule has 43 heavy (non-hydrogen) atoms. The van der Waals surface area contributed by atoms with Crippen LogP contribution in [-0.2, 0) is 4.74 Å². The maximum Gasteiger partial charge on any atom is 0.268 e. The topological polar surface area (TPSA) is 114 Å². The van der Waals surface area contributed by atoms with Crippen LogP contribution in [0, 0.1) is 18.6 Å². The standard InChI is InChI=1S/C31H26F2N4O6/c1-18-11-13-37(21-7-4-19(32)5-8-21)31(39)27(18)29(38)35-20-6-9-24(22(33)16-20)43-25-10-12-34-23-17-26(42-15-14-40-2)30(41-3)36-28(23)25/h4-13,16-17H,14-15H2,1-3H3,(H,35,38). The molecule has 0 unspecified atom stereocenters. The number of benzene rings is 2. The number of ether oxygens (including phenoxy) is 4. The predicted octanol–water partition coefficient (Wildman–Crippen LogP) is 5.45. The van der Waals surface area contributed by atoms with Crippen molar-refractivity contribution in [3.05, 3.63) is 106 Å². The van der Waals surface area contributed by atoms with E-state index in [1.54, 1.807) is 26.2 Å². The Balaban J connectivity index is 1.38. The van der Waals surface area contributed by atoms with Crippen molar-refractivity contribution in [3.63, 3.8) is 0 Å². The number of amides is 1. The summed E-state index contributed by atoms with van der Waals surface area (Å²) in [6.45, 7) is 2.25. The number of anilines is 1. The summed E-state index contributed by atoms with van der Waals surface area (Å²) in [5.74, 6) is -1.34. The van der Waals surface area contributed by atoms with E-state index >= 15 is 4.39 Å². The van der Waals surface area contributed by atoms with Crippen LogP contribution in [0.1, 0.15) is 15.9 Å². The highest BCUT2D eigenvalue weighted by molar-refractivity contribution is 6.05. The Morgan fingerprint density at radius 1 is 0.953 bits per heavy atom. The van der Waals surface area contributed by atoms with Crippen LogP contribution in [0.2, 0.25) is 0 Å². The average Bonchev–Trinajstić information content (AvgIpc) is 2.99. The minimum absolute atomic E-state index is 0.100. The maximum atomic E-state index is 15.2. The van der Waals surface area contributed by atoms with Crippen molar-refractivity contribution in [1.29, 1.82) is 0 Å². The minimum Gasteiger partial charge on any atom is -0.485 e. The second-order valence-electron chi connectivity index (χ2n) is 9.24. The number of carbonyl (C=O) groups is 1. The number of pyridine rings is 3. The van der Waals surface area contributed by atoms with Crippen LogP contribution < -0.4 is 25.1 Å².